The molecule has 0 amide bonds. The highest BCUT2D eigenvalue weighted by Gasteiger charge is 2.05. The van der Waals surface area contributed by atoms with Crippen molar-refractivity contribution in [2.75, 3.05) is 6.54 Å². The van der Waals surface area contributed by atoms with Gasteiger partial charge in [-0.1, -0.05) is 6.07 Å². The second-order valence-corrected chi connectivity index (χ2v) is 3.36. The summed E-state index contributed by atoms with van der Waals surface area (Å²) in [6.45, 7) is 0.426. The van der Waals surface area contributed by atoms with Crippen LogP contribution in [0, 0.1) is 5.82 Å². The molecule has 0 atom stereocenters. The van der Waals surface area contributed by atoms with Gasteiger partial charge in [0, 0.05) is 17.1 Å². The summed E-state index contributed by atoms with van der Waals surface area (Å²) in [4.78, 5) is 14.5. The highest BCUT2D eigenvalue weighted by molar-refractivity contribution is 5.78. The minimum Gasteiger partial charge on any atom is -0.356 e. The number of pyridine rings is 1. The predicted octanol–water partition coefficient (Wildman–Crippen LogP) is 1.17. The molecule has 1 aromatic carbocycles. The molecule has 0 saturated carbocycles. The van der Waals surface area contributed by atoms with Crippen LogP contribution in [0.15, 0.2) is 29.1 Å². The van der Waals surface area contributed by atoms with Gasteiger partial charge >= 0.3 is 0 Å². The van der Waals surface area contributed by atoms with Gasteiger partial charge in [0.15, 0.2) is 5.43 Å². The van der Waals surface area contributed by atoms with E-state index in [0.29, 0.717) is 24.0 Å². The molecule has 1 aromatic heterocycles. The Labute approximate surface area is 85.7 Å². The van der Waals surface area contributed by atoms with E-state index in [1.165, 1.54) is 18.2 Å². The predicted molar refractivity (Wildman–Crippen MR) is 57.3 cm³/mol. The number of halogens is 1. The van der Waals surface area contributed by atoms with Gasteiger partial charge in [-0.15, -0.1) is 0 Å². The number of aromatic amines is 1. The third kappa shape index (κ3) is 1.76. The summed E-state index contributed by atoms with van der Waals surface area (Å²) >= 11 is 0. The second-order valence-electron chi connectivity index (χ2n) is 3.36. The Kier molecular flexibility index (Phi) is 2.51. The van der Waals surface area contributed by atoms with Crippen LogP contribution in [0.25, 0.3) is 10.9 Å². The first-order chi connectivity index (χ1) is 7.22. The van der Waals surface area contributed by atoms with Crippen LogP contribution in [0.1, 0.15) is 5.69 Å². The van der Waals surface area contributed by atoms with Gasteiger partial charge in [-0.05, 0) is 25.1 Å². The van der Waals surface area contributed by atoms with E-state index < -0.39 is 5.82 Å². The molecule has 78 valence electrons. The zero-order valence-corrected chi connectivity index (χ0v) is 8.09. The van der Waals surface area contributed by atoms with E-state index in [2.05, 4.69) is 4.98 Å². The molecule has 0 bridgehead atoms. The minimum atomic E-state index is -0.413. The normalized spacial score (nSPS) is 10.8. The molecule has 1 heterocycles. The van der Waals surface area contributed by atoms with Crippen molar-refractivity contribution in [3.8, 4) is 0 Å². The van der Waals surface area contributed by atoms with Crippen molar-refractivity contribution < 1.29 is 4.39 Å². The molecule has 0 fully saturated rings. The standard InChI is InChI=1S/C11H11FN2O/c12-9-3-1-2-8-10(15)6-7(4-5-13)14-11(8)9/h1-3,6H,4-5,13H2,(H,14,15). The van der Waals surface area contributed by atoms with Crippen molar-refractivity contribution in [3.05, 3.63) is 46.0 Å². The number of para-hydroxylation sites is 1. The maximum Gasteiger partial charge on any atom is 0.189 e. The molecule has 0 aliphatic heterocycles. The van der Waals surface area contributed by atoms with Gasteiger partial charge < -0.3 is 10.7 Å². The molecule has 0 aliphatic carbocycles. The number of hydrogen-bond acceptors (Lipinski definition) is 2. The summed E-state index contributed by atoms with van der Waals surface area (Å²) < 4.78 is 13.4. The fraction of sp³-hybridized carbons (Fsp3) is 0.182. The molecular weight excluding hydrogens is 195 g/mol. The van der Waals surface area contributed by atoms with Gasteiger partial charge in [-0.2, -0.15) is 0 Å². The largest absolute Gasteiger partial charge is 0.356 e. The summed E-state index contributed by atoms with van der Waals surface area (Å²) in [5.74, 6) is -0.413. The smallest absolute Gasteiger partial charge is 0.189 e. The lowest BCUT2D eigenvalue weighted by Gasteiger charge is -2.03. The van der Waals surface area contributed by atoms with Gasteiger partial charge in [0.05, 0.1) is 5.52 Å². The quantitative estimate of drug-likeness (QED) is 0.774. The Morgan fingerprint density at radius 3 is 2.93 bits per heavy atom. The molecule has 0 unspecified atom stereocenters. The average Bonchev–Trinajstić information content (AvgIpc) is 2.20. The number of aromatic nitrogens is 1. The molecule has 4 heteroatoms. The van der Waals surface area contributed by atoms with E-state index in [1.807, 2.05) is 0 Å². The molecule has 2 aromatic rings. The van der Waals surface area contributed by atoms with Crippen molar-refractivity contribution in [2.24, 2.45) is 5.73 Å². The van der Waals surface area contributed by atoms with Crippen LogP contribution in [0.2, 0.25) is 0 Å². The molecule has 3 N–H and O–H groups in total. The van der Waals surface area contributed by atoms with E-state index in [1.54, 1.807) is 6.07 Å². The second kappa shape index (κ2) is 3.82. The third-order valence-corrected chi connectivity index (χ3v) is 2.28. The zero-order valence-electron chi connectivity index (χ0n) is 8.09. The van der Waals surface area contributed by atoms with Crippen molar-refractivity contribution in [1.82, 2.24) is 4.98 Å². The summed E-state index contributed by atoms with van der Waals surface area (Å²) in [5.41, 5.74) is 6.13. The first-order valence-electron chi connectivity index (χ1n) is 4.73. The average molecular weight is 206 g/mol. The first kappa shape index (κ1) is 9.86. The number of hydrogen-bond donors (Lipinski definition) is 2. The van der Waals surface area contributed by atoms with Crippen LogP contribution in [0.5, 0.6) is 0 Å². The lowest BCUT2D eigenvalue weighted by molar-refractivity contribution is 0.636. The summed E-state index contributed by atoms with van der Waals surface area (Å²) in [6, 6.07) is 5.91. The van der Waals surface area contributed by atoms with Gasteiger partial charge in [-0.25, -0.2) is 4.39 Å². The number of benzene rings is 1. The van der Waals surface area contributed by atoms with E-state index >= 15 is 0 Å². The number of nitrogens with one attached hydrogen (secondary N) is 1. The van der Waals surface area contributed by atoms with Crippen molar-refractivity contribution in [1.29, 1.82) is 0 Å². The highest BCUT2D eigenvalue weighted by Crippen LogP contribution is 2.12. The SMILES string of the molecule is NCCc1cc(=O)c2cccc(F)c2[nH]1. The zero-order chi connectivity index (χ0) is 10.8. The van der Waals surface area contributed by atoms with Gasteiger partial charge in [-0.3, -0.25) is 4.79 Å². The van der Waals surface area contributed by atoms with Gasteiger partial charge in [0.2, 0.25) is 0 Å². The molecule has 0 radical (unpaired) electrons. The fourth-order valence-corrected chi connectivity index (χ4v) is 1.58. The van der Waals surface area contributed by atoms with Crippen LogP contribution in [-0.2, 0) is 6.42 Å². The Morgan fingerprint density at radius 2 is 2.20 bits per heavy atom. The van der Waals surface area contributed by atoms with E-state index in [0.717, 1.165) is 0 Å². The van der Waals surface area contributed by atoms with E-state index in [9.17, 15) is 9.18 Å². The summed E-state index contributed by atoms with van der Waals surface area (Å²) in [6.07, 6.45) is 0.541. The molecule has 0 spiro atoms. The Hall–Kier alpha value is -1.68. The fourth-order valence-electron chi connectivity index (χ4n) is 1.58. The lowest BCUT2D eigenvalue weighted by atomic mass is 10.1. The van der Waals surface area contributed by atoms with Crippen molar-refractivity contribution >= 4 is 10.9 Å². The first-order valence-corrected chi connectivity index (χ1v) is 4.73. The lowest BCUT2D eigenvalue weighted by Crippen LogP contribution is -2.10. The maximum atomic E-state index is 13.4. The van der Waals surface area contributed by atoms with Crippen molar-refractivity contribution in [3.63, 3.8) is 0 Å². The van der Waals surface area contributed by atoms with Crippen molar-refractivity contribution in [2.45, 2.75) is 6.42 Å². The van der Waals surface area contributed by atoms with Gasteiger partial charge in [0.25, 0.3) is 0 Å². The Balaban J connectivity index is 2.74. The molecule has 0 aliphatic rings. The number of nitrogens with two attached hydrogens (primary N) is 1. The minimum absolute atomic E-state index is 0.174. The summed E-state index contributed by atoms with van der Waals surface area (Å²) in [5, 5.41) is 0.371. The molecule has 15 heavy (non-hydrogen) atoms. The molecule has 2 rings (SSSR count). The van der Waals surface area contributed by atoms with Crippen LogP contribution >= 0.6 is 0 Å². The molecular formula is C11H11FN2O. The topological polar surface area (TPSA) is 58.9 Å². The Morgan fingerprint density at radius 1 is 1.40 bits per heavy atom. The maximum absolute atomic E-state index is 13.4. The number of fused-ring (bicyclic) bond motifs is 1. The highest BCUT2D eigenvalue weighted by atomic mass is 19.1. The Bertz CT molecular complexity index is 548. The monoisotopic (exact) mass is 206 g/mol. The van der Waals surface area contributed by atoms with Crippen LogP contribution < -0.4 is 11.2 Å². The van der Waals surface area contributed by atoms with Gasteiger partial charge in [0.1, 0.15) is 5.82 Å². The number of H-pyrrole nitrogens is 1. The third-order valence-electron chi connectivity index (χ3n) is 2.28. The van der Waals surface area contributed by atoms with Crippen LogP contribution in [0.4, 0.5) is 4.39 Å². The molecule has 3 nitrogen and oxygen atoms in total. The molecule has 0 saturated heterocycles. The van der Waals surface area contributed by atoms with Crippen LogP contribution in [-0.4, -0.2) is 11.5 Å². The van der Waals surface area contributed by atoms with E-state index in [4.69, 9.17) is 5.73 Å². The van der Waals surface area contributed by atoms with Crippen LogP contribution in [0.3, 0.4) is 0 Å². The van der Waals surface area contributed by atoms with E-state index in [-0.39, 0.29) is 10.9 Å². The number of rotatable bonds is 2. The summed E-state index contributed by atoms with van der Waals surface area (Å²) in [7, 11) is 0.